The number of amides is 1. The maximum Gasteiger partial charge on any atom is 0.247 e. The minimum Gasteiger partial charge on any atom is -0.421 e. The van der Waals surface area contributed by atoms with Crippen molar-refractivity contribution in [2.24, 2.45) is 0 Å². The molecule has 0 unspecified atom stereocenters. The highest BCUT2D eigenvalue weighted by Gasteiger charge is 2.10. The SMILES string of the molecule is Cc1ccc(-c2nnc(CCC(=O)NCCc3ccc(Cl)cc3)o2)cc1. The average Bonchev–Trinajstić information content (AvgIpc) is 3.11. The van der Waals surface area contributed by atoms with Crippen molar-refractivity contribution in [3.63, 3.8) is 0 Å². The maximum absolute atomic E-state index is 12.0. The van der Waals surface area contributed by atoms with Crippen LogP contribution in [-0.4, -0.2) is 22.6 Å². The Balaban J connectivity index is 1.43. The summed E-state index contributed by atoms with van der Waals surface area (Å²) in [6, 6.07) is 15.5. The number of halogens is 1. The van der Waals surface area contributed by atoms with Crippen LogP contribution in [0.15, 0.2) is 52.9 Å². The monoisotopic (exact) mass is 369 g/mol. The Kier molecular flexibility index (Phi) is 6.02. The van der Waals surface area contributed by atoms with E-state index in [4.69, 9.17) is 16.0 Å². The predicted octanol–water partition coefficient (Wildman–Crippen LogP) is 3.99. The van der Waals surface area contributed by atoms with Crippen molar-refractivity contribution in [2.45, 2.75) is 26.2 Å². The summed E-state index contributed by atoms with van der Waals surface area (Å²) in [6.07, 6.45) is 1.50. The summed E-state index contributed by atoms with van der Waals surface area (Å²) < 4.78 is 5.63. The second-order valence-electron chi connectivity index (χ2n) is 6.09. The van der Waals surface area contributed by atoms with E-state index in [1.165, 1.54) is 5.56 Å². The number of rotatable bonds is 7. The first kappa shape index (κ1) is 18.1. The van der Waals surface area contributed by atoms with Crippen molar-refractivity contribution in [3.8, 4) is 11.5 Å². The highest BCUT2D eigenvalue weighted by molar-refractivity contribution is 6.30. The maximum atomic E-state index is 12.0. The molecule has 0 saturated carbocycles. The molecule has 2 aromatic carbocycles. The Morgan fingerprint density at radius 2 is 1.77 bits per heavy atom. The first-order valence-electron chi connectivity index (χ1n) is 8.51. The van der Waals surface area contributed by atoms with Crippen LogP contribution in [0.1, 0.15) is 23.4 Å². The Labute approximate surface area is 157 Å². The minimum atomic E-state index is -0.0333. The molecule has 3 rings (SSSR count). The van der Waals surface area contributed by atoms with E-state index < -0.39 is 0 Å². The lowest BCUT2D eigenvalue weighted by Crippen LogP contribution is -2.25. The average molecular weight is 370 g/mol. The van der Waals surface area contributed by atoms with E-state index in [0.29, 0.717) is 36.2 Å². The van der Waals surface area contributed by atoms with Crippen molar-refractivity contribution in [1.29, 1.82) is 0 Å². The third-order valence-electron chi connectivity index (χ3n) is 3.98. The fourth-order valence-electron chi connectivity index (χ4n) is 2.47. The van der Waals surface area contributed by atoms with Crippen LogP contribution < -0.4 is 5.32 Å². The van der Waals surface area contributed by atoms with Gasteiger partial charge in [-0.25, -0.2) is 0 Å². The molecule has 0 spiro atoms. The van der Waals surface area contributed by atoms with E-state index in [2.05, 4.69) is 15.5 Å². The van der Waals surface area contributed by atoms with E-state index >= 15 is 0 Å². The summed E-state index contributed by atoms with van der Waals surface area (Å²) in [6.45, 7) is 2.60. The molecule has 0 radical (unpaired) electrons. The highest BCUT2D eigenvalue weighted by atomic mass is 35.5. The van der Waals surface area contributed by atoms with Crippen molar-refractivity contribution < 1.29 is 9.21 Å². The van der Waals surface area contributed by atoms with E-state index in [1.54, 1.807) is 0 Å². The molecule has 5 nitrogen and oxygen atoms in total. The van der Waals surface area contributed by atoms with Crippen LogP contribution >= 0.6 is 11.6 Å². The first-order chi connectivity index (χ1) is 12.6. The lowest BCUT2D eigenvalue weighted by atomic mass is 10.1. The fraction of sp³-hybridized carbons (Fsp3) is 0.250. The van der Waals surface area contributed by atoms with Gasteiger partial charge in [0.1, 0.15) is 0 Å². The lowest BCUT2D eigenvalue weighted by molar-refractivity contribution is -0.121. The van der Waals surface area contributed by atoms with Crippen LogP contribution in [0.3, 0.4) is 0 Å². The summed E-state index contributed by atoms with van der Waals surface area (Å²) in [5, 5.41) is 11.7. The molecule has 1 aromatic heterocycles. The third-order valence-corrected chi connectivity index (χ3v) is 4.23. The Bertz CT molecular complexity index is 858. The van der Waals surface area contributed by atoms with Gasteiger partial charge in [0.05, 0.1) is 0 Å². The van der Waals surface area contributed by atoms with E-state index in [1.807, 2.05) is 55.5 Å². The van der Waals surface area contributed by atoms with E-state index in [-0.39, 0.29) is 5.91 Å². The van der Waals surface area contributed by atoms with Crippen LogP contribution in [0.5, 0.6) is 0 Å². The van der Waals surface area contributed by atoms with Gasteiger partial charge in [0.2, 0.25) is 17.7 Å². The third kappa shape index (κ3) is 5.17. The molecule has 3 aromatic rings. The predicted molar refractivity (Wildman–Crippen MR) is 101 cm³/mol. The Morgan fingerprint density at radius 3 is 2.50 bits per heavy atom. The molecular weight excluding hydrogens is 350 g/mol. The summed E-state index contributed by atoms with van der Waals surface area (Å²) in [5.41, 5.74) is 3.18. The van der Waals surface area contributed by atoms with Gasteiger partial charge in [-0.1, -0.05) is 41.4 Å². The van der Waals surface area contributed by atoms with Crippen molar-refractivity contribution >= 4 is 17.5 Å². The Hall–Kier alpha value is -2.66. The van der Waals surface area contributed by atoms with Gasteiger partial charge in [-0.05, 0) is 43.2 Å². The van der Waals surface area contributed by atoms with E-state index in [9.17, 15) is 4.79 Å². The molecule has 1 N–H and O–H groups in total. The molecule has 0 saturated heterocycles. The van der Waals surface area contributed by atoms with Crippen LogP contribution in [0.2, 0.25) is 5.02 Å². The molecule has 0 bridgehead atoms. The van der Waals surface area contributed by atoms with Gasteiger partial charge >= 0.3 is 0 Å². The van der Waals surface area contributed by atoms with Gasteiger partial charge in [-0.15, -0.1) is 10.2 Å². The van der Waals surface area contributed by atoms with Gasteiger partial charge in [0.15, 0.2) is 0 Å². The quantitative estimate of drug-likeness (QED) is 0.683. The number of carbonyl (C=O) groups is 1. The second-order valence-corrected chi connectivity index (χ2v) is 6.53. The smallest absolute Gasteiger partial charge is 0.247 e. The summed E-state index contributed by atoms with van der Waals surface area (Å²) in [7, 11) is 0. The molecule has 1 amide bonds. The topological polar surface area (TPSA) is 68.0 Å². The van der Waals surface area contributed by atoms with Crippen molar-refractivity contribution in [2.75, 3.05) is 6.54 Å². The number of hydrogen-bond acceptors (Lipinski definition) is 4. The summed E-state index contributed by atoms with van der Waals surface area (Å²) in [4.78, 5) is 12.0. The van der Waals surface area contributed by atoms with Crippen LogP contribution in [0.4, 0.5) is 0 Å². The molecule has 0 aliphatic carbocycles. The van der Waals surface area contributed by atoms with Crippen molar-refractivity contribution in [1.82, 2.24) is 15.5 Å². The lowest BCUT2D eigenvalue weighted by Gasteiger charge is -2.04. The molecule has 0 fully saturated rings. The van der Waals surface area contributed by atoms with Gasteiger partial charge in [-0.3, -0.25) is 4.79 Å². The van der Waals surface area contributed by atoms with Gasteiger partial charge in [-0.2, -0.15) is 0 Å². The number of aromatic nitrogens is 2. The number of carbonyl (C=O) groups excluding carboxylic acids is 1. The molecule has 0 aliphatic rings. The zero-order valence-corrected chi connectivity index (χ0v) is 15.3. The highest BCUT2D eigenvalue weighted by Crippen LogP contribution is 2.18. The normalized spacial score (nSPS) is 10.7. The van der Waals surface area contributed by atoms with Gasteiger partial charge in [0, 0.05) is 30.0 Å². The molecule has 134 valence electrons. The first-order valence-corrected chi connectivity index (χ1v) is 8.88. The molecule has 6 heteroatoms. The number of aryl methyl sites for hydroxylation is 2. The van der Waals surface area contributed by atoms with Gasteiger partial charge in [0.25, 0.3) is 0 Å². The Morgan fingerprint density at radius 1 is 1.04 bits per heavy atom. The second kappa shape index (κ2) is 8.63. The molecule has 26 heavy (non-hydrogen) atoms. The van der Waals surface area contributed by atoms with Crippen molar-refractivity contribution in [3.05, 3.63) is 70.6 Å². The number of nitrogens with zero attached hydrogens (tertiary/aromatic N) is 2. The number of nitrogens with one attached hydrogen (secondary N) is 1. The summed E-state index contributed by atoms with van der Waals surface area (Å²) >= 11 is 5.85. The van der Waals surface area contributed by atoms with Gasteiger partial charge < -0.3 is 9.73 Å². The molecular formula is C20H20ClN3O2. The zero-order chi connectivity index (χ0) is 18.4. The standard InChI is InChI=1S/C20H20ClN3O2/c1-14-2-6-16(7-3-14)20-24-23-19(26-20)11-10-18(25)22-13-12-15-4-8-17(21)9-5-15/h2-9H,10-13H2,1H3,(H,22,25). The van der Waals surface area contributed by atoms with Crippen LogP contribution in [0, 0.1) is 6.92 Å². The number of benzene rings is 2. The summed E-state index contributed by atoms with van der Waals surface area (Å²) in [5.74, 6) is 0.908. The van der Waals surface area contributed by atoms with Crippen LogP contribution in [-0.2, 0) is 17.6 Å². The van der Waals surface area contributed by atoms with E-state index in [0.717, 1.165) is 17.5 Å². The largest absolute Gasteiger partial charge is 0.421 e. The minimum absolute atomic E-state index is 0.0333. The van der Waals surface area contributed by atoms with Crippen LogP contribution in [0.25, 0.3) is 11.5 Å². The molecule has 0 atom stereocenters. The molecule has 1 heterocycles. The number of hydrogen-bond donors (Lipinski definition) is 1. The fourth-order valence-corrected chi connectivity index (χ4v) is 2.60. The zero-order valence-electron chi connectivity index (χ0n) is 14.5. The molecule has 0 aliphatic heterocycles.